The van der Waals surface area contributed by atoms with Gasteiger partial charge in [0.15, 0.2) is 5.82 Å². The summed E-state index contributed by atoms with van der Waals surface area (Å²) in [7, 11) is 0. The van der Waals surface area contributed by atoms with Gasteiger partial charge < -0.3 is 4.57 Å². The van der Waals surface area contributed by atoms with Crippen molar-refractivity contribution in [1.29, 1.82) is 0 Å². The molecule has 3 aromatic heterocycles. The van der Waals surface area contributed by atoms with Gasteiger partial charge in [-0.05, 0) is 91.6 Å². The van der Waals surface area contributed by atoms with E-state index >= 15 is 0 Å². The highest BCUT2D eigenvalue weighted by molar-refractivity contribution is 6.29. The molecule has 0 unspecified atom stereocenters. The van der Waals surface area contributed by atoms with Crippen molar-refractivity contribution in [2.45, 2.75) is 0 Å². The fourth-order valence-corrected chi connectivity index (χ4v) is 10.7. The van der Waals surface area contributed by atoms with Crippen LogP contribution in [0.5, 0.6) is 0 Å². The molecule has 0 radical (unpaired) electrons. The van der Waals surface area contributed by atoms with E-state index < -0.39 is 0 Å². The molecule has 0 bridgehead atoms. The molecule has 4 nitrogen and oxygen atoms in total. The van der Waals surface area contributed by atoms with Gasteiger partial charge in [-0.3, -0.25) is 0 Å². The molecular weight excluding hydrogens is 813 g/mol. The number of para-hydroxylation sites is 3. The van der Waals surface area contributed by atoms with Crippen LogP contribution in [0.1, 0.15) is 0 Å². The molecule has 0 aliphatic heterocycles. The minimum absolute atomic E-state index is 0.667. The zero-order chi connectivity index (χ0) is 44.0. The lowest BCUT2D eigenvalue weighted by Gasteiger charge is -2.15. The number of aromatic nitrogens is 4. The molecule has 0 amide bonds. The normalized spacial score (nSPS) is 11.9. The number of rotatable bonds is 5. The van der Waals surface area contributed by atoms with Gasteiger partial charge in [-0.1, -0.05) is 182 Å². The Hall–Kier alpha value is -8.99. The highest BCUT2D eigenvalue weighted by Crippen LogP contribution is 2.44. The van der Waals surface area contributed by atoms with Gasteiger partial charge in [-0.25, -0.2) is 15.0 Å². The van der Waals surface area contributed by atoms with E-state index in [-0.39, 0.29) is 0 Å². The van der Waals surface area contributed by atoms with Gasteiger partial charge in [-0.15, -0.1) is 0 Å². The Labute approximate surface area is 385 Å². The summed E-state index contributed by atoms with van der Waals surface area (Å²) in [5.74, 6) is 0.667. The molecule has 0 N–H and O–H groups in total. The van der Waals surface area contributed by atoms with Gasteiger partial charge in [0.2, 0.25) is 0 Å². The Kier molecular flexibility index (Phi) is 8.25. The lowest BCUT2D eigenvalue weighted by molar-refractivity contribution is 1.18. The molecule has 14 rings (SSSR count). The van der Waals surface area contributed by atoms with Crippen molar-refractivity contribution in [3.63, 3.8) is 0 Å². The SMILES string of the molecule is c1ccc(-n2c3ccccc3c3c4c(ccc32)c(-c2ccc(-c3nc(-c5cc6ccccc6c6ccccc56)cc(-c5cc6ccccc6c6ccccc56)n3)cc2)nc2ccccc24)cc1. The summed E-state index contributed by atoms with van der Waals surface area (Å²) in [6, 6.07) is 82.6. The van der Waals surface area contributed by atoms with Crippen molar-refractivity contribution in [3.8, 4) is 50.8 Å². The molecule has 0 aliphatic rings. The quantitative estimate of drug-likeness (QED) is 0.162. The molecule has 67 heavy (non-hydrogen) atoms. The fraction of sp³-hybridized carbons (Fsp3) is 0. The van der Waals surface area contributed by atoms with Gasteiger partial charge >= 0.3 is 0 Å². The van der Waals surface area contributed by atoms with E-state index in [9.17, 15) is 0 Å². The number of benzene rings is 11. The number of hydrogen-bond donors (Lipinski definition) is 0. The van der Waals surface area contributed by atoms with Gasteiger partial charge in [0.05, 0.1) is 33.6 Å². The summed E-state index contributed by atoms with van der Waals surface area (Å²) in [5.41, 5.74) is 11.3. The molecule has 0 spiro atoms. The third-order valence-electron chi connectivity index (χ3n) is 13.7. The summed E-state index contributed by atoms with van der Waals surface area (Å²) in [6.45, 7) is 0. The summed E-state index contributed by atoms with van der Waals surface area (Å²) in [6.07, 6.45) is 0. The van der Waals surface area contributed by atoms with Gasteiger partial charge in [0, 0.05) is 54.9 Å². The third kappa shape index (κ3) is 5.83. The van der Waals surface area contributed by atoms with E-state index in [1.54, 1.807) is 0 Å². The van der Waals surface area contributed by atoms with Crippen molar-refractivity contribution in [1.82, 2.24) is 19.5 Å². The van der Waals surface area contributed by atoms with Crippen LogP contribution >= 0.6 is 0 Å². The molecule has 0 aliphatic carbocycles. The van der Waals surface area contributed by atoms with Gasteiger partial charge in [0.1, 0.15) is 0 Å². The monoisotopic (exact) mass is 850 g/mol. The molecule has 0 saturated heterocycles. The number of fused-ring (bicyclic) bond motifs is 13. The van der Waals surface area contributed by atoms with Crippen LogP contribution in [-0.4, -0.2) is 19.5 Å². The molecule has 0 saturated carbocycles. The van der Waals surface area contributed by atoms with Crippen molar-refractivity contribution in [3.05, 3.63) is 231 Å². The first-order valence-electron chi connectivity index (χ1n) is 22.9. The Bertz CT molecular complexity index is 4180. The van der Waals surface area contributed by atoms with Crippen LogP contribution in [0.4, 0.5) is 0 Å². The number of hydrogen-bond acceptors (Lipinski definition) is 3. The van der Waals surface area contributed by atoms with E-state index in [0.29, 0.717) is 5.82 Å². The smallest absolute Gasteiger partial charge is 0.160 e. The van der Waals surface area contributed by atoms with E-state index in [4.69, 9.17) is 15.0 Å². The van der Waals surface area contributed by atoms with Crippen LogP contribution in [0.2, 0.25) is 0 Å². The zero-order valence-electron chi connectivity index (χ0n) is 36.2. The molecule has 4 heteroatoms. The standard InChI is InChI=1S/C63H38N4/c1-2-18-43(19-3-1)67-58-29-15-13-27-51(58)61-59(67)35-34-52-60(61)50-26-12-14-28-55(50)64-62(52)39-30-32-40(33-31-39)63-65-56(53-36-41-16-4-6-20-44(41)46-22-8-10-24-48(46)53)38-57(66-63)54-37-42-17-5-7-21-45(42)47-23-9-11-25-49(47)54/h1-38H. The van der Waals surface area contributed by atoms with Crippen LogP contribution in [0.3, 0.4) is 0 Å². The van der Waals surface area contributed by atoms with E-state index in [1.165, 1.54) is 59.5 Å². The van der Waals surface area contributed by atoms with E-state index in [1.807, 2.05) is 0 Å². The Morgan fingerprint density at radius 1 is 0.299 bits per heavy atom. The van der Waals surface area contributed by atoms with Gasteiger partial charge in [0.25, 0.3) is 0 Å². The molecule has 11 aromatic carbocycles. The largest absolute Gasteiger partial charge is 0.309 e. The molecule has 0 fully saturated rings. The third-order valence-corrected chi connectivity index (χ3v) is 13.7. The first-order chi connectivity index (χ1) is 33.2. The number of nitrogens with zero attached hydrogens (tertiary/aromatic N) is 4. The molecule has 14 aromatic rings. The lowest BCUT2D eigenvalue weighted by atomic mass is 9.93. The van der Waals surface area contributed by atoms with Crippen molar-refractivity contribution < 1.29 is 0 Å². The number of pyridine rings is 1. The molecular formula is C63H38N4. The minimum atomic E-state index is 0.667. The van der Waals surface area contributed by atoms with Crippen LogP contribution < -0.4 is 0 Å². The molecule has 0 atom stereocenters. The second-order valence-electron chi connectivity index (χ2n) is 17.5. The maximum absolute atomic E-state index is 5.45. The van der Waals surface area contributed by atoms with Crippen LogP contribution in [0.25, 0.3) is 137 Å². The Morgan fingerprint density at radius 3 is 1.45 bits per heavy atom. The molecule has 3 heterocycles. The zero-order valence-corrected chi connectivity index (χ0v) is 36.2. The lowest BCUT2D eigenvalue weighted by Crippen LogP contribution is -1.98. The predicted octanol–water partition coefficient (Wildman–Crippen LogP) is 16.6. The summed E-state index contributed by atoms with van der Waals surface area (Å²) in [4.78, 5) is 16.3. The second-order valence-corrected chi connectivity index (χ2v) is 17.5. The maximum atomic E-state index is 5.45. The fourth-order valence-electron chi connectivity index (χ4n) is 10.7. The Balaban J connectivity index is 0.987. The van der Waals surface area contributed by atoms with Crippen molar-refractivity contribution in [2.24, 2.45) is 0 Å². The maximum Gasteiger partial charge on any atom is 0.160 e. The second kappa shape index (κ2) is 14.8. The average molecular weight is 851 g/mol. The van der Waals surface area contributed by atoms with E-state index in [2.05, 4.69) is 235 Å². The molecule has 310 valence electrons. The van der Waals surface area contributed by atoms with Crippen LogP contribution in [0, 0.1) is 0 Å². The first-order valence-corrected chi connectivity index (χ1v) is 22.9. The predicted molar refractivity (Wildman–Crippen MR) is 281 cm³/mol. The summed E-state index contributed by atoms with van der Waals surface area (Å²) >= 11 is 0. The van der Waals surface area contributed by atoms with Crippen molar-refractivity contribution in [2.75, 3.05) is 0 Å². The topological polar surface area (TPSA) is 43.6 Å². The van der Waals surface area contributed by atoms with E-state index in [0.717, 1.165) is 72.1 Å². The first kappa shape index (κ1) is 37.4. The highest BCUT2D eigenvalue weighted by Gasteiger charge is 2.21. The van der Waals surface area contributed by atoms with Crippen molar-refractivity contribution >= 4 is 86.6 Å². The summed E-state index contributed by atoms with van der Waals surface area (Å²) in [5, 5.41) is 15.4. The Morgan fingerprint density at radius 2 is 0.806 bits per heavy atom. The average Bonchev–Trinajstić information content (AvgIpc) is 3.75. The highest BCUT2D eigenvalue weighted by atomic mass is 15.0. The van der Waals surface area contributed by atoms with Crippen LogP contribution in [-0.2, 0) is 0 Å². The minimum Gasteiger partial charge on any atom is -0.309 e. The summed E-state index contributed by atoms with van der Waals surface area (Å²) < 4.78 is 2.39. The van der Waals surface area contributed by atoms with Gasteiger partial charge in [-0.2, -0.15) is 0 Å². The van der Waals surface area contributed by atoms with Crippen LogP contribution in [0.15, 0.2) is 231 Å².